The van der Waals surface area contributed by atoms with E-state index in [-0.39, 0.29) is 17.4 Å². The third-order valence-corrected chi connectivity index (χ3v) is 5.53. The topological polar surface area (TPSA) is 94.0 Å². The summed E-state index contributed by atoms with van der Waals surface area (Å²) in [5, 5.41) is 9.44. The number of rotatable bonds is 5. The first-order chi connectivity index (χ1) is 16.0. The molecule has 6 heteroatoms. The van der Waals surface area contributed by atoms with E-state index in [2.05, 4.69) is 16.8 Å². The van der Waals surface area contributed by atoms with Crippen LogP contribution in [0.1, 0.15) is 56.8 Å². The maximum atomic E-state index is 12.4. The number of pyridine rings is 1. The zero-order valence-electron chi connectivity index (χ0n) is 18.1. The van der Waals surface area contributed by atoms with Gasteiger partial charge < -0.3 is 4.98 Å². The summed E-state index contributed by atoms with van der Waals surface area (Å²) < 4.78 is 0. The first-order valence-electron chi connectivity index (χ1n) is 10.7. The highest BCUT2D eigenvalue weighted by Gasteiger charge is 2.34. The van der Waals surface area contributed by atoms with E-state index in [1.54, 1.807) is 37.3 Å². The molecule has 6 nitrogen and oxygen atoms in total. The van der Waals surface area contributed by atoms with Crippen molar-refractivity contribution in [3.8, 4) is 29.0 Å². The molecular weight excluding hydrogens is 414 g/mol. The number of unbranched alkanes of at least 4 members (excludes halogenated alkanes) is 2. The Bertz CT molecular complexity index is 1380. The Morgan fingerprint density at radius 2 is 1.52 bits per heavy atom. The Morgan fingerprint density at radius 3 is 2.18 bits per heavy atom. The third-order valence-electron chi connectivity index (χ3n) is 5.53. The lowest BCUT2D eigenvalue weighted by Crippen LogP contribution is -2.30. The molecule has 1 aliphatic rings. The Kier molecular flexibility index (Phi) is 6.20. The van der Waals surface area contributed by atoms with E-state index in [0.717, 1.165) is 17.5 Å². The van der Waals surface area contributed by atoms with E-state index >= 15 is 0 Å². The molecule has 3 aromatic rings. The van der Waals surface area contributed by atoms with Gasteiger partial charge in [0.25, 0.3) is 17.4 Å². The number of imide groups is 1. The fraction of sp³-hybridized carbons (Fsp3) is 0.185. The number of nitrogens with one attached hydrogen (secondary N) is 1. The van der Waals surface area contributed by atoms with Crippen LogP contribution in [-0.2, 0) is 0 Å². The lowest BCUT2D eigenvalue weighted by molar-refractivity contribution is 0.0652. The molecule has 1 N–H and O–H groups in total. The van der Waals surface area contributed by atoms with Crippen molar-refractivity contribution < 1.29 is 9.59 Å². The number of amides is 2. The molecule has 2 amide bonds. The standard InChI is InChI=1S/C27H21N3O3/c1-18-16-23(24(17-28)25(31)29-18)20-12-6-5-11-19(20)10-4-2-3-9-15-30-26(32)21-13-7-8-14-22(21)27(30)33/h5-8,11-14,16H,2-3,9,15H2,1H3,(H,29,31). The second kappa shape index (κ2) is 9.38. The number of aromatic amines is 1. The number of hydrogen-bond donors (Lipinski definition) is 1. The molecule has 0 aliphatic carbocycles. The molecule has 0 bridgehead atoms. The fourth-order valence-corrected chi connectivity index (χ4v) is 3.92. The number of nitrogens with zero attached hydrogens (tertiary/aromatic N) is 2. The van der Waals surface area contributed by atoms with Gasteiger partial charge in [0.05, 0.1) is 11.1 Å². The van der Waals surface area contributed by atoms with Crippen LogP contribution in [0.25, 0.3) is 11.1 Å². The predicted molar refractivity (Wildman–Crippen MR) is 124 cm³/mol. The summed E-state index contributed by atoms with van der Waals surface area (Å²) in [5.41, 5.74) is 3.29. The Hall–Kier alpha value is -4.42. The predicted octanol–water partition coefficient (Wildman–Crippen LogP) is 4.04. The number of nitriles is 1. The minimum absolute atomic E-state index is 0.0655. The van der Waals surface area contributed by atoms with Gasteiger partial charge in [0.1, 0.15) is 11.6 Å². The van der Waals surface area contributed by atoms with Crippen LogP contribution >= 0.6 is 0 Å². The van der Waals surface area contributed by atoms with E-state index in [0.29, 0.717) is 41.8 Å². The number of fused-ring (bicyclic) bond motifs is 1. The van der Waals surface area contributed by atoms with Gasteiger partial charge in [0.2, 0.25) is 0 Å². The molecule has 2 heterocycles. The SMILES string of the molecule is Cc1cc(-c2ccccc2C#CCCCCN2C(=O)c3ccccc3C2=O)c(C#N)c(=O)[nH]1. The van der Waals surface area contributed by atoms with Crippen LogP contribution in [0.4, 0.5) is 0 Å². The summed E-state index contributed by atoms with van der Waals surface area (Å²) in [6, 6.07) is 18.1. The Balaban J connectivity index is 1.42. The maximum absolute atomic E-state index is 12.4. The van der Waals surface area contributed by atoms with E-state index < -0.39 is 5.56 Å². The monoisotopic (exact) mass is 435 g/mol. The Labute approximate surface area is 191 Å². The van der Waals surface area contributed by atoms with Gasteiger partial charge in [-0.25, -0.2) is 0 Å². The largest absolute Gasteiger partial charge is 0.325 e. The average Bonchev–Trinajstić information content (AvgIpc) is 3.06. The molecule has 0 unspecified atom stereocenters. The molecule has 1 aliphatic heterocycles. The highest BCUT2D eigenvalue weighted by molar-refractivity contribution is 6.21. The smallest absolute Gasteiger partial charge is 0.266 e. The molecule has 0 saturated heterocycles. The molecule has 0 saturated carbocycles. The van der Waals surface area contributed by atoms with Gasteiger partial charge in [-0.05, 0) is 49.6 Å². The second-order valence-electron chi connectivity index (χ2n) is 7.79. The molecule has 4 rings (SSSR count). The zero-order valence-corrected chi connectivity index (χ0v) is 18.1. The van der Waals surface area contributed by atoms with Gasteiger partial charge in [-0.2, -0.15) is 5.26 Å². The van der Waals surface area contributed by atoms with Gasteiger partial charge >= 0.3 is 0 Å². The van der Waals surface area contributed by atoms with Crippen molar-refractivity contribution >= 4 is 11.8 Å². The number of aromatic nitrogens is 1. The quantitative estimate of drug-likeness (QED) is 0.372. The van der Waals surface area contributed by atoms with Crippen LogP contribution in [0.3, 0.4) is 0 Å². The van der Waals surface area contributed by atoms with Crippen LogP contribution < -0.4 is 5.56 Å². The maximum Gasteiger partial charge on any atom is 0.266 e. The molecule has 0 radical (unpaired) electrons. The number of carbonyl (C=O) groups is 2. The minimum atomic E-state index is -0.413. The van der Waals surface area contributed by atoms with Gasteiger partial charge in [0.15, 0.2) is 0 Å². The summed E-state index contributed by atoms with van der Waals surface area (Å²) >= 11 is 0. The van der Waals surface area contributed by atoms with Gasteiger partial charge in [-0.3, -0.25) is 19.3 Å². The van der Waals surface area contributed by atoms with Gasteiger partial charge in [0, 0.05) is 29.8 Å². The van der Waals surface area contributed by atoms with Crippen LogP contribution in [0, 0.1) is 30.1 Å². The number of carbonyl (C=O) groups excluding carboxylic acids is 2. The average molecular weight is 435 g/mol. The highest BCUT2D eigenvalue weighted by Crippen LogP contribution is 2.26. The van der Waals surface area contributed by atoms with Crippen molar-refractivity contribution in [3.05, 3.63) is 92.9 Å². The first kappa shape index (κ1) is 21.8. The van der Waals surface area contributed by atoms with E-state index in [4.69, 9.17) is 0 Å². The number of hydrogen-bond acceptors (Lipinski definition) is 4. The fourth-order valence-electron chi connectivity index (χ4n) is 3.92. The molecule has 0 fully saturated rings. The van der Waals surface area contributed by atoms with Gasteiger partial charge in [-0.1, -0.05) is 42.2 Å². The molecule has 0 spiro atoms. The molecule has 33 heavy (non-hydrogen) atoms. The molecule has 1 aromatic heterocycles. The highest BCUT2D eigenvalue weighted by atomic mass is 16.2. The van der Waals surface area contributed by atoms with Gasteiger partial charge in [-0.15, -0.1) is 0 Å². The van der Waals surface area contributed by atoms with E-state index in [1.807, 2.05) is 30.3 Å². The zero-order chi connectivity index (χ0) is 23.4. The van der Waals surface area contributed by atoms with E-state index in [9.17, 15) is 19.6 Å². The summed E-state index contributed by atoms with van der Waals surface area (Å²) in [5.74, 6) is 5.80. The third kappa shape index (κ3) is 4.33. The van der Waals surface area contributed by atoms with Crippen LogP contribution in [0.5, 0.6) is 0 Å². The van der Waals surface area contributed by atoms with Crippen molar-refractivity contribution in [1.82, 2.24) is 9.88 Å². The van der Waals surface area contributed by atoms with Crippen LogP contribution in [0.15, 0.2) is 59.4 Å². The summed E-state index contributed by atoms with van der Waals surface area (Å²) in [7, 11) is 0. The van der Waals surface area contributed by atoms with Crippen molar-refractivity contribution in [2.24, 2.45) is 0 Å². The summed E-state index contributed by atoms with van der Waals surface area (Å²) in [6.45, 7) is 2.14. The molecule has 0 atom stereocenters. The minimum Gasteiger partial charge on any atom is -0.325 e. The number of H-pyrrole nitrogens is 1. The summed E-state index contributed by atoms with van der Waals surface area (Å²) in [4.78, 5) is 41.0. The molecule has 162 valence electrons. The number of benzene rings is 2. The lowest BCUT2D eigenvalue weighted by Gasteiger charge is -2.12. The normalized spacial score (nSPS) is 12.2. The van der Waals surface area contributed by atoms with Crippen LogP contribution in [0.2, 0.25) is 0 Å². The van der Waals surface area contributed by atoms with Crippen molar-refractivity contribution in [2.45, 2.75) is 26.2 Å². The summed E-state index contributed by atoms with van der Waals surface area (Å²) in [6.07, 6.45) is 1.99. The van der Waals surface area contributed by atoms with Crippen molar-refractivity contribution in [1.29, 1.82) is 5.26 Å². The van der Waals surface area contributed by atoms with E-state index in [1.165, 1.54) is 4.90 Å². The lowest BCUT2D eigenvalue weighted by atomic mass is 9.96. The molecular formula is C27H21N3O3. The van der Waals surface area contributed by atoms with Crippen LogP contribution in [-0.4, -0.2) is 28.2 Å². The Morgan fingerprint density at radius 1 is 0.879 bits per heavy atom. The number of aryl methyl sites for hydroxylation is 1. The second-order valence-corrected chi connectivity index (χ2v) is 7.79. The van der Waals surface area contributed by atoms with Crippen molar-refractivity contribution in [3.63, 3.8) is 0 Å². The van der Waals surface area contributed by atoms with Crippen molar-refractivity contribution in [2.75, 3.05) is 6.54 Å². The molecule has 2 aromatic carbocycles. The first-order valence-corrected chi connectivity index (χ1v) is 10.7.